The highest BCUT2D eigenvalue weighted by molar-refractivity contribution is 5.86. The summed E-state index contributed by atoms with van der Waals surface area (Å²) in [5.74, 6) is -0.0262. The predicted octanol–water partition coefficient (Wildman–Crippen LogP) is 2.59. The molecule has 0 spiro atoms. The molecule has 1 aliphatic rings. The van der Waals surface area contributed by atoms with E-state index in [9.17, 15) is 4.79 Å². The van der Waals surface area contributed by atoms with Crippen molar-refractivity contribution in [1.82, 2.24) is 5.32 Å². The Balaban J connectivity index is 2.10. The lowest BCUT2D eigenvalue weighted by Crippen LogP contribution is -2.38. The van der Waals surface area contributed by atoms with Crippen molar-refractivity contribution in [2.75, 3.05) is 5.73 Å². The number of carbonyl (C=O) groups excluding carboxylic acids is 1. The summed E-state index contributed by atoms with van der Waals surface area (Å²) in [5, 5.41) is 3.08. The maximum atomic E-state index is 12.1. The first-order chi connectivity index (χ1) is 9.16. The van der Waals surface area contributed by atoms with E-state index in [4.69, 9.17) is 5.73 Å². The van der Waals surface area contributed by atoms with Crippen LogP contribution in [0.15, 0.2) is 48.5 Å². The third-order valence-corrected chi connectivity index (χ3v) is 3.72. The minimum absolute atomic E-state index is 0.0699. The Morgan fingerprint density at radius 3 is 2.32 bits per heavy atom. The Morgan fingerprint density at radius 1 is 1.00 bits per heavy atom. The average Bonchev–Trinajstić information content (AvgIpc) is 2.44. The minimum Gasteiger partial charge on any atom is -0.399 e. The quantitative estimate of drug-likeness (QED) is 0.766. The van der Waals surface area contributed by atoms with E-state index in [1.165, 1.54) is 5.56 Å². The Bertz CT molecular complexity index is 619. The fourth-order valence-corrected chi connectivity index (χ4v) is 2.61. The lowest BCUT2D eigenvalue weighted by Gasteiger charge is -2.30. The number of rotatable bonds is 1. The average molecular weight is 252 g/mol. The van der Waals surface area contributed by atoms with Gasteiger partial charge >= 0.3 is 0 Å². The molecule has 1 heterocycles. The molecule has 3 nitrogen and oxygen atoms in total. The Morgan fingerprint density at radius 2 is 1.63 bits per heavy atom. The standard InChI is InChI=1S/C16H16N2O/c1-10-13-4-2-3-5-14(13)15(18-16(10)19)11-6-8-12(17)9-7-11/h2-10,15H,17H2,1H3,(H,18,19)/t10-,15+/m1/s1. The molecule has 0 unspecified atom stereocenters. The van der Waals surface area contributed by atoms with Crippen LogP contribution < -0.4 is 11.1 Å². The molecule has 0 aromatic heterocycles. The second-order valence-electron chi connectivity index (χ2n) is 4.96. The summed E-state index contributed by atoms with van der Waals surface area (Å²) in [6.07, 6.45) is 0. The first kappa shape index (κ1) is 11.8. The topological polar surface area (TPSA) is 55.1 Å². The van der Waals surface area contributed by atoms with Crippen LogP contribution in [0.5, 0.6) is 0 Å². The molecule has 3 rings (SSSR count). The molecule has 1 amide bonds. The predicted molar refractivity (Wildman–Crippen MR) is 75.7 cm³/mol. The van der Waals surface area contributed by atoms with E-state index in [-0.39, 0.29) is 17.9 Å². The first-order valence-corrected chi connectivity index (χ1v) is 6.41. The molecule has 2 aromatic rings. The number of fused-ring (bicyclic) bond motifs is 1. The van der Waals surface area contributed by atoms with Crippen molar-refractivity contribution >= 4 is 11.6 Å². The molecule has 3 heteroatoms. The number of benzene rings is 2. The second kappa shape index (κ2) is 4.43. The van der Waals surface area contributed by atoms with Crippen LogP contribution >= 0.6 is 0 Å². The molecule has 96 valence electrons. The normalized spacial score (nSPS) is 21.6. The van der Waals surface area contributed by atoms with Gasteiger partial charge in [-0.05, 0) is 35.7 Å². The van der Waals surface area contributed by atoms with E-state index < -0.39 is 0 Å². The molecule has 0 bridgehead atoms. The molecule has 0 radical (unpaired) electrons. The minimum atomic E-state index is -0.0961. The highest BCUT2D eigenvalue weighted by atomic mass is 16.2. The van der Waals surface area contributed by atoms with E-state index in [2.05, 4.69) is 11.4 Å². The third kappa shape index (κ3) is 1.97. The lowest BCUT2D eigenvalue weighted by atomic mass is 9.84. The van der Waals surface area contributed by atoms with E-state index in [1.807, 2.05) is 49.4 Å². The van der Waals surface area contributed by atoms with Gasteiger partial charge in [0.05, 0.1) is 12.0 Å². The zero-order valence-corrected chi connectivity index (χ0v) is 10.8. The number of carbonyl (C=O) groups is 1. The summed E-state index contributed by atoms with van der Waals surface area (Å²) in [4.78, 5) is 12.1. The number of nitrogens with two attached hydrogens (primary N) is 1. The van der Waals surface area contributed by atoms with Crippen molar-refractivity contribution < 1.29 is 4.79 Å². The molecule has 0 saturated heterocycles. The second-order valence-corrected chi connectivity index (χ2v) is 4.96. The van der Waals surface area contributed by atoms with Gasteiger partial charge in [-0.1, -0.05) is 36.4 Å². The molecule has 0 fully saturated rings. The number of nitrogens with one attached hydrogen (secondary N) is 1. The molecule has 3 N–H and O–H groups in total. The molecule has 1 aliphatic heterocycles. The highest BCUT2D eigenvalue weighted by Crippen LogP contribution is 2.34. The van der Waals surface area contributed by atoms with Crippen molar-refractivity contribution in [2.45, 2.75) is 18.9 Å². The number of hydrogen-bond donors (Lipinski definition) is 2. The van der Waals surface area contributed by atoms with Gasteiger partial charge in [0.15, 0.2) is 0 Å². The van der Waals surface area contributed by atoms with E-state index >= 15 is 0 Å². The molecule has 0 saturated carbocycles. The molecular weight excluding hydrogens is 236 g/mol. The van der Waals surface area contributed by atoms with Crippen LogP contribution in [-0.2, 0) is 4.79 Å². The summed E-state index contributed by atoms with van der Waals surface area (Å²) in [6.45, 7) is 1.94. The zero-order chi connectivity index (χ0) is 13.4. The van der Waals surface area contributed by atoms with Crippen LogP contribution in [0.1, 0.15) is 35.6 Å². The van der Waals surface area contributed by atoms with Crippen molar-refractivity contribution in [1.29, 1.82) is 0 Å². The largest absolute Gasteiger partial charge is 0.399 e. The maximum absolute atomic E-state index is 12.1. The molecule has 0 aliphatic carbocycles. The summed E-state index contributed by atoms with van der Waals surface area (Å²) >= 11 is 0. The molecular formula is C16H16N2O. The SMILES string of the molecule is C[C@H]1C(=O)N[C@@H](c2ccc(N)cc2)c2ccccc21. The fraction of sp³-hybridized carbons (Fsp3) is 0.188. The van der Waals surface area contributed by atoms with Gasteiger partial charge in [-0.2, -0.15) is 0 Å². The van der Waals surface area contributed by atoms with E-state index in [0.717, 1.165) is 16.8 Å². The van der Waals surface area contributed by atoms with Gasteiger partial charge < -0.3 is 11.1 Å². The molecule has 2 aromatic carbocycles. The number of nitrogen functional groups attached to an aromatic ring is 1. The van der Waals surface area contributed by atoms with Crippen LogP contribution in [0.2, 0.25) is 0 Å². The van der Waals surface area contributed by atoms with Gasteiger partial charge in [0.1, 0.15) is 0 Å². The number of anilines is 1. The van der Waals surface area contributed by atoms with Crippen LogP contribution in [0, 0.1) is 0 Å². The van der Waals surface area contributed by atoms with E-state index in [0.29, 0.717) is 0 Å². The summed E-state index contributed by atoms with van der Waals surface area (Å²) in [5.41, 5.74) is 9.77. The van der Waals surface area contributed by atoms with Crippen LogP contribution in [0.4, 0.5) is 5.69 Å². The summed E-state index contributed by atoms with van der Waals surface area (Å²) < 4.78 is 0. The van der Waals surface area contributed by atoms with Crippen molar-refractivity contribution in [3.63, 3.8) is 0 Å². The van der Waals surface area contributed by atoms with E-state index in [1.54, 1.807) is 0 Å². The van der Waals surface area contributed by atoms with Gasteiger partial charge in [-0.15, -0.1) is 0 Å². The monoisotopic (exact) mass is 252 g/mol. The van der Waals surface area contributed by atoms with Gasteiger partial charge in [-0.25, -0.2) is 0 Å². The van der Waals surface area contributed by atoms with Crippen molar-refractivity contribution in [2.24, 2.45) is 0 Å². The van der Waals surface area contributed by atoms with Crippen LogP contribution in [0.3, 0.4) is 0 Å². The fourth-order valence-electron chi connectivity index (χ4n) is 2.61. The Labute approximate surface area is 112 Å². The Hall–Kier alpha value is -2.29. The summed E-state index contributed by atoms with van der Waals surface area (Å²) in [7, 11) is 0. The van der Waals surface area contributed by atoms with Gasteiger partial charge in [0, 0.05) is 5.69 Å². The van der Waals surface area contributed by atoms with Crippen LogP contribution in [0.25, 0.3) is 0 Å². The number of hydrogen-bond acceptors (Lipinski definition) is 2. The van der Waals surface area contributed by atoms with Crippen LogP contribution in [-0.4, -0.2) is 5.91 Å². The van der Waals surface area contributed by atoms with Crippen molar-refractivity contribution in [3.05, 3.63) is 65.2 Å². The molecule has 2 atom stereocenters. The van der Waals surface area contributed by atoms with Gasteiger partial charge in [0.2, 0.25) is 5.91 Å². The zero-order valence-electron chi connectivity index (χ0n) is 10.8. The third-order valence-electron chi connectivity index (χ3n) is 3.72. The highest BCUT2D eigenvalue weighted by Gasteiger charge is 2.30. The first-order valence-electron chi connectivity index (χ1n) is 6.41. The van der Waals surface area contributed by atoms with Gasteiger partial charge in [-0.3, -0.25) is 4.79 Å². The lowest BCUT2D eigenvalue weighted by molar-refractivity contribution is -0.123. The Kier molecular flexibility index (Phi) is 2.75. The van der Waals surface area contributed by atoms with Gasteiger partial charge in [0.25, 0.3) is 0 Å². The smallest absolute Gasteiger partial charge is 0.228 e. The summed E-state index contributed by atoms with van der Waals surface area (Å²) in [6, 6.07) is 15.7. The van der Waals surface area contributed by atoms with Crippen molar-refractivity contribution in [3.8, 4) is 0 Å². The number of amides is 1. The maximum Gasteiger partial charge on any atom is 0.228 e. The molecule has 19 heavy (non-hydrogen) atoms.